The molecule has 0 spiro atoms. The van der Waals surface area contributed by atoms with Crippen molar-refractivity contribution in [1.29, 1.82) is 0 Å². The standard InChI is InChI=1S/C23H28N2O5S2/c1-14-10-16(6-9-21(14)32(29,30)17-7-8-17)18(11-15-4-2-3-5-15)22(28)25-23-24-19(13-31-23)20(27)12-26/h6,9-11,13,15,17,20,26-27H,2-5,7-8,12H2,1H3,(H,24,25,28)/b18-11+. The van der Waals surface area contributed by atoms with E-state index in [9.17, 15) is 18.3 Å². The minimum absolute atomic E-state index is 0.280. The third-order valence-electron chi connectivity index (χ3n) is 6.06. The van der Waals surface area contributed by atoms with E-state index in [1.165, 1.54) is 11.3 Å². The van der Waals surface area contributed by atoms with Gasteiger partial charge in [0.15, 0.2) is 15.0 Å². The van der Waals surface area contributed by atoms with Crippen LogP contribution in [0.5, 0.6) is 0 Å². The number of rotatable bonds is 8. The number of aliphatic hydroxyl groups is 2. The van der Waals surface area contributed by atoms with Gasteiger partial charge in [-0.1, -0.05) is 25.0 Å². The van der Waals surface area contributed by atoms with Gasteiger partial charge < -0.3 is 10.2 Å². The number of nitrogens with one attached hydrogen (secondary N) is 1. The molecule has 9 heteroatoms. The van der Waals surface area contributed by atoms with Crippen LogP contribution in [0.3, 0.4) is 0 Å². The second-order valence-corrected chi connectivity index (χ2v) is 11.6. The second kappa shape index (κ2) is 9.43. The molecule has 0 saturated heterocycles. The topological polar surface area (TPSA) is 117 Å². The third kappa shape index (κ3) is 4.96. The van der Waals surface area contributed by atoms with Crippen molar-refractivity contribution in [1.82, 2.24) is 4.98 Å². The molecule has 2 aliphatic rings. The molecule has 4 rings (SSSR count). The summed E-state index contributed by atoms with van der Waals surface area (Å²) in [5, 5.41) is 23.3. The van der Waals surface area contributed by atoms with E-state index < -0.39 is 22.5 Å². The normalized spacial score (nSPS) is 18.7. The summed E-state index contributed by atoms with van der Waals surface area (Å²) in [5.41, 5.74) is 2.12. The fourth-order valence-corrected chi connectivity index (χ4v) is 6.74. The SMILES string of the molecule is Cc1cc(/C(=C\C2CCCC2)C(=O)Nc2nc(C(O)CO)cs2)ccc1S(=O)(=O)C1CC1. The number of thiazole rings is 1. The molecule has 7 nitrogen and oxygen atoms in total. The number of hydrogen-bond acceptors (Lipinski definition) is 7. The Labute approximate surface area is 192 Å². The summed E-state index contributed by atoms with van der Waals surface area (Å²) >= 11 is 1.18. The lowest BCUT2D eigenvalue weighted by atomic mass is 9.97. The van der Waals surface area contributed by atoms with Gasteiger partial charge in [0.1, 0.15) is 6.10 Å². The second-order valence-electron chi connectivity index (χ2n) is 8.58. The summed E-state index contributed by atoms with van der Waals surface area (Å²) in [4.78, 5) is 17.7. The van der Waals surface area contributed by atoms with E-state index in [1.54, 1.807) is 30.5 Å². The maximum atomic E-state index is 13.2. The largest absolute Gasteiger partial charge is 0.393 e. The number of aromatic nitrogens is 1. The highest BCUT2D eigenvalue weighted by atomic mass is 32.2. The fraction of sp³-hybridized carbons (Fsp3) is 0.478. The van der Waals surface area contributed by atoms with E-state index >= 15 is 0 Å². The molecule has 1 amide bonds. The molecule has 3 N–H and O–H groups in total. The first-order valence-electron chi connectivity index (χ1n) is 10.9. The first-order valence-corrected chi connectivity index (χ1v) is 13.3. The average molecular weight is 477 g/mol. The summed E-state index contributed by atoms with van der Waals surface area (Å²) in [6.07, 6.45) is 6.61. The van der Waals surface area contributed by atoms with Gasteiger partial charge in [-0.25, -0.2) is 13.4 Å². The first kappa shape index (κ1) is 23.1. The van der Waals surface area contributed by atoms with Crippen LogP contribution in [0, 0.1) is 12.8 Å². The van der Waals surface area contributed by atoms with Crippen LogP contribution in [0.15, 0.2) is 34.6 Å². The van der Waals surface area contributed by atoms with E-state index in [0.717, 1.165) is 25.7 Å². The van der Waals surface area contributed by atoms with Crippen LogP contribution in [-0.4, -0.2) is 41.4 Å². The smallest absolute Gasteiger partial charge is 0.257 e. The molecule has 1 heterocycles. The van der Waals surface area contributed by atoms with E-state index in [4.69, 9.17) is 5.11 Å². The lowest BCUT2D eigenvalue weighted by Crippen LogP contribution is -2.15. The van der Waals surface area contributed by atoms with Crippen molar-refractivity contribution in [2.24, 2.45) is 5.92 Å². The number of aliphatic hydroxyl groups excluding tert-OH is 2. The number of anilines is 1. The predicted octanol–water partition coefficient (Wildman–Crippen LogP) is 3.63. The van der Waals surface area contributed by atoms with Gasteiger partial charge in [0.2, 0.25) is 0 Å². The van der Waals surface area contributed by atoms with Crippen molar-refractivity contribution in [3.63, 3.8) is 0 Å². The Balaban J connectivity index is 1.63. The van der Waals surface area contributed by atoms with E-state index in [1.807, 2.05) is 6.08 Å². The number of sulfone groups is 1. The van der Waals surface area contributed by atoms with Crippen molar-refractivity contribution in [2.75, 3.05) is 11.9 Å². The quantitative estimate of drug-likeness (QED) is 0.501. The van der Waals surface area contributed by atoms with Gasteiger partial charge in [0.25, 0.3) is 5.91 Å². The number of aryl methyl sites for hydroxylation is 1. The number of hydrogen-bond donors (Lipinski definition) is 3. The highest BCUT2D eigenvalue weighted by Gasteiger charge is 2.37. The number of carbonyl (C=O) groups is 1. The minimum Gasteiger partial charge on any atom is -0.393 e. The Hall–Kier alpha value is -2.07. The zero-order valence-electron chi connectivity index (χ0n) is 18.0. The van der Waals surface area contributed by atoms with E-state index in [2.05, 4.69) is 10.3 Å². The van der Waals surface area contributed by atoms with E-state index in [-0.39, 0.29) is 11.2 Å². The van der Waals surface area contributed by atoms with Crippen LogP contribution in [0.25, 0.3) is 5.57 Å². The maximum absolute atomic E-state index is 13.2. The Bertz CT molecular complexity index is 1130. The van der Waals surface area contributed by atoms with Crippen LogP contribution in [0.4, 0.5) is 5.13 Å². The number of allylic oxidation sites excluding steroid dienone is 1. The van der Waals surface area contributed by atoms with Crippen molar-refractivity contribution in [3.8, 4) is 0 Å². The van der Waals surface area contributed by atoms with Crippen LogP contribution in [0.2, 0.25) is 0 Å². The van der Waals surface area contributed by atoms with Crippen molar-refractivity contribution in [3.05, 3.63) is 46.5 Å². The molecule has 2 aromatic rings. The highest BCUT2D eigenvalue weighted by Crippen LogP contribution is 2.36. The number of carbonyl (C=O) groups excluding carboxylic acids is 1. The van der Waals surface area contributed by atoms with Crippen LogP contribution >= 0.6 is 11.3 Å². The van der Waals surface area contributed by atoms with E-state index in [0.29, 0.717) is 51.2 Å². The van der Waals surface area contributed by atoms with Gasteiger partial charge in [-0.05, 0) is 61.8 Å². The van der Waals surface area contributed by atoms with Gasteiger partial charge in [-0.2, -0.15) is 0 Å². The molecule has 32 heavy (non-hydrogen) atoms. The molecule has 2 fully saturated rings. The van der Waals surface area contributed by atoms with Gasteiger partial charge in [0.05, 0.1) is 22.4 Å². The van der Waals surface area contributed by atoms with Crippen LogP contribution in [-0.2, 0) is 14.6 Å². The molecule has 172 valence electrons. The van der Waals surface area contributed by atoms with Gasteiger partial charge in [0, 0.05) is 11.0 Å². The molecular weight excluding hydrogens is 448 g/mol. The van der Waals surface area contributed by atoms with Gasteiger partial charge in [-0.15, -0.1) is 11.3 Å². The van der Waals surface area contributed by atoms with Crippen molar-refractivity contribution < 1.29 is 23.4 Å². The van der Waals surface area contributed by atoms with Gasteiger partial charge in [-0.3, -0.25) is 10.1 Å². The number of amides is 1. The molecular formula is C23H28N2O5S2. The van der Waals surface area contributed by atoms with Gasteiger partial charge >= 0.3 is 0 Å². The molecule has 1 atom stereocenters. The lowest BCUT2D eigenvalue weighted by molar-refractivity contribution is -0.111. The maximum Gasteiger partial charge on any atom is 0.257 e. The summed E-state index contributed by atoms with van der Waals surface area (Å²) in [6.45, 7) is 1.33. The Morgan fingerprint density at radius 1 is 1.28 bits per heavy atom. The Morgan fingerprint density at radius 3 is 2.62 bits per heavy atom. The molecule has 1 unspecified atom stereocenters. The van der Waals surface area contributed by atoms with Crippen molar-refractivity contribution in [2.45, 2.75) is 61.7 Å². The first-order chi connectivity index (χ1) is 15.3. The minimum atomic E-state index is -3.31. The molecule has 0 bridgehead atoms. The summed E-state index contributed by atoms with van der Waals surface area (Å²) in [5.74, 6) is -0.0255. The average Bonchev–Trinajstić information content (AvgIpc) is 3.33. The van der Waals surface area contributed by atoms with Crippen LogP contribution in [0.1, 0.15) is 61.4 Å². The fourth-order valence-electron chi connectivity index (χ4n) is 4.11. The molecule has 1 aromatic carbocycles. The summed E-state index contributed by atoms with van der Waals surface area (Å²) < 4.78 is 25.4. The number of benzene rings is 1. The molecule has 2 aliphatic carbocycles. The Morgan fingerprint density at radius 2 is 2.00 bits per heavy atom. The lowest BCUT2D eigenvalue weighted by Gasteiger charge is -2.14. The van der Waals surface area contributed by atoms with Crippen LogP contribution < -0.4 is 5.32 Å². The highest BCUT2D eigenvalue weighted by molar-refractivity contribution is 7.92. The third-order valence-corrected chi connectivity index (χ3v) is 9.26. The Kier molecular flexibility index (Phi) is 6.80. The zero-order valence-corrected chi connectivity index (χ0v) is 19.6. The predicted molar refractivity (Wildman–Crippen MR) is 124 cm³/mol. The zero-order chi connectivity index (χ0) is 22.9. The summed E-state index contributed by atoms with van der Waals surface area (Å²) in [7, 11) is -3.31. The molecule has 0 radical (unpaired) electrons. The summed E-state index contributed by atoms with van der Waals surface area (Å²) in [6, 6.07) is 5.11. The number of nitrogens with zero attached hydrogens (tertiary/aromatic N) is 1. The molecule has 1 aromatic heterocycles. The monoisotopic (exact) mass is 476 g/mol. The van der Waals surface area contributed by atoms with Crippen molar-refractivity contribution >= 4 is 37.8 Å². The molecule has 2 saturated carbocycles. The molecule has 0 aliphatic heterocycles.